The number of anilines is 1. The Hall–Kier alpha value is -2.91. The van der Waals surface area contributed by atoms with Crippen molar-refractivity contribution in [1.82, 2.24) is 10.7 Å². The predicted octanol–water partition coefficient (Wildman–Crippen LogP) is 3.79. The molecule has 3 amide bonds. The third kappa shape index (κ3) is 7.97. The van der Waals surface area contributed by atoms with Crippen LogP contribution in [0.25, 0.3) is 0 Å². The van der Waals surface area contributed by atoms with Crippen LogP contribution in [0.5, 0.6) is 5.75 Å². The van der Waals surface area contributed by atoms with Crippen molar-refractivity contribution >= 4 is 57.2 Å². The molecule has 2 rings (SSSR count). The zero-order valence-corrected chi connectivity index (χ0v) is 20.2. The lowest BCUT2D eigenvalue weighted by molar-refractivity contribution is -0.139. The molecule has 10 heteroatoms. The number of benzene rings is 2. The summed E-state index contributed by atoms with van der Waals surface area (Å²) in [7, 11) is 0. The molecule has 2 aromatic carbocycles. The van der Waals surface area contributed by atoms with Gasteiger partial charge in [-0.25, -0.2) is 5.43 Å². The number of nitrogens with one attached hydrogen (secondary N) is 3. The zero-order valence-electron chi connectivity index (χ0n) is 17.9. The van der Waals surface area contributed by atoms with Gasteiger partial charge in [-0.2, -0.15) is 5.10 Å². The van der Waals surface area contributed by atoms with Crippen LogP contribution in [0.1, 0.15) is 31.4 Å². The van der Waals surface area contributed by atoms with E-state index in [1.807, 2.05) is 26.0 Å². The molecule has 0 heterocycles. The summed E-state index contributed by atoms with van der Waals surface area (Å²) >= 11 is 9.41. The van der Waals surface area contributed by atoms with Crippen LogP contribution in [0.3, 0.4) is 0 Å². The summed E-state index contributed by atoms with van der Waals surface area (Å²) < 4.78 is 6.51. The molecule has 32 heavy (non-hydrogen) atoms. The molecule has 0 aliphatic rings. The number of hydrazone groups is 1. The molecule has 1 atom stereocenters. The Labute approximate surface area is 199 Å². The van der Waals surface area contributed by atoms with Crippen LogP contribution in [-0.4, -0.2) is 36.6 Å². The second-order valence-electron chi connectivity index (χ2n) is 6.96. The number of amides is 3. The van der Waals surface area contributed by atoms with E-state index in [1.54, 1.807) is 31.2 Å². The van der Waals surface area contributed by atoms with E-state index in [1.165, 1.54) is 6.21 Å². The summed E-state index contributed by atoms with van der Waals surface area (Å²) in [5, 5.41) is 9.52. The normalized spacial score (nSPS) is 11.7. The van der Waals surface area contributed by atoms with Crippen LogP contribution in [0.2, 0.25) is 5.02 Å². The SMILES string of the molecule is CC[C@H](C)NC(=O)C(=O)N/N=C\c1cc(Cl)ccc1OCC(=O)Nc1ccc(Br)cc1C. The van der Waals surface area contributed by atoms with Crippen LogP contribution in [0, 0.1) is 6.92 Å². The number of rotatable bonds is 8. The Balaban J connectivity index is 1.98. The largest absolute Gasteiger partial charge is 0.483 e. The minimum atomic E-state index is -0.893. The van der Waals surface area contributed by atoms with Gasteiger partial charge in [0.1, 0.15) is 5.75 Å². The zero-order chi connectivity index (χ0) is 23.7. The van der Waals surface area contributed by atoms with Crippen LogP contribution in [-0.2, 0) is 14.4 Å². The maximum absolute atomic E-state index is 12.3. The highest BCUT2D eigenvalue weighted by atomic mass is 79.9. The van der Waals surface area contributed by atoms with Gasteiger partial charge in [0.05, 0.1) is 6.21 Å². The lowest BCUT2D eigenvalue weighted by atomic mass is 10.2. The van der Waals surface area contributed by atoms with E-state index in [0.29, 0.717) is 28.4 Å². The average molecular weight is 524 g/mol. The number of nitrogens with zero attached hydrogens (tertiary/aromatic N) is 1. The van der Waals surface area contributed by atoms with E-state index in [0.717, 1.165) is 10.0 Å². The van der Waals surface area contributed by atoms with Gasteiger partial charge in [-0.3, -0.25) is 14.4 Å². The van der Waals surface area contributed by atoms with Crippen molar-refractivity contribution < 1.29 is 19.1 Å². The van der Waals surface area contributed by atoms with Crippen LogP contribution in [0.15, 0.2) is 46.0 Å². The lowest BCUT2D eigenvalue weighted by Gasteiger charge is -2.12. The Kier molecular flexibility index (Phi) is 9.67. The van der Waals surface area contributed by atoms with Gasteiger partial charge < -0.3 is 15.4 Å². The Morgan fingerprint density at radius 1 is 1.19 bits per heavy atom. The number of halogens is 2. The summed E-state index contributed by atoms with van der Waals surface area (Å²) in [6.07, 6.45) is 1.98. The monoisotopic (exact) mass is 522 g/mol. The van der Waals surface area contributed by atoms with E-state index in [2.05, 4.69) is 37.1 Å². The molecule has 3 N–H and O–H groups in total. The quantitative estimate of drug-likeness (QED) is 0.278. The van der Waals surface area contributed by atoms with Gasteiger partial charge in [-0.15, -0.1) is 0 Å². The summed E-state index contributed by atoms with van der Waals surface area (Å²) in [4.78, 5) is 35.9. The number of carbonyl (C=O) groups is 3. The maximum atomic E-state index is 12.3. The fraction of sp³-hybridized carbons (Fsp3) is 0.273. The molecule has 0 aliphatic carbocycles. The summed E-state index contributed by atoms with van der Waals surface area (Å²) in [6, 6.07) is 10.1. The molecule has 0 spiro atoms. The summed E-state index contributed by atoms with van der Waals surface area (Å²) in [5.41, 5.74) is 4.16. The lowest BCUT2D eigenvalue weighted by Crippen LogP contribution is -2.41. The standard InChI is InChI=1S/C22H24BrClN4O4/c1-4-14(3)26-21(30)22(31)28-25-11-15-10-17(24)6-8-19(15)32-12-20(29)27-18-7-5-16(23)9-13(18)2/h5-11,14H,4,12H2,1-3H3,(H,26,30)(H,27,29)(H,28,31)/b25-11-/t14-/m0/s1. The van der Waals surface area contributed by atoms with Crippen molar-refractivity contribution in [3.63, 3.8) is 0 Å². The van der Waals surface area contributed by atoms with Gasteiger partial charge in [0.25, 0.3) is 5.91 Å². The van der Waals surface area contributed by atoms with E-state index < -0.39 is 11.8 Å². The van der Waals surface area contributed by atoms with Crippen molar-refractivity contribution in [2.45, 2.75) is 33.2 Å². The van der Waals surface area contributed by atoms with Gasteiger partial charge in [-0.05, 0) is 62.2 Å². The van der Waals surface area contributed by atoms with Gasteiger partial charge >= 0.3 is 11.8 Å². The number of carbonyl (C=O) groups excluding carboxylic acids is 3. The fourth-order valence-corrected chi connectivity index (χ4v) is 3.11. The molecule has 0 aliphatic heterocycles. The van der Waals surface area contributed by atoms with Gasteiger partial charge in [0, 0.05) is 26.8 Å². The number of hydrogen-bond acceptors (Lipinski definition) is 5. The fourth-order valence-electron chi connectivity index (χ4n) is 2.45. The molecule has 0 radical (unpaired) electrons. The minimum absolute atomic E-state index is 0.127. The third-order valence-corrected chi connectivity index (χ3v) is 5.09. The Morgan fingerprint density at radius 2 is 1.94 bits per heavy atom. The number of ether oxygens (including phenoxy) is 1. The smallest absolute Gasteiger partial charge is 0.329 e. The first-order valence-corrected chi connectivity index (χ1v) is 11.0. The number of hydrogen-bond donors (Lipinski definition) is 3. The van der Waals surface area contributed by atoms with Crippen molar-refractivity contribution in [1.29, 1.82) is 0 Å². The topological polar surface area (TPSA) is 109 Å². The van der Waals surface area contributed by atoms with E-state index in [-0.39, 0.29) is 18.6 Å². The molecule has 0 saturated carbocycles. The Bertz CT molecular complexity index is 1030. The van der Waals surface area contributed by atoms with E-state index >= 15 is 0 Å². The van der Waals surface area contributed by atoms with Gasteiger partial charge in [-0.1, -0.05) is 34.5 Å². The first-order valence-electron chi connectivity index (χ1n) is 9.81. The minimum Gasteiger partial charge on any atom is -0.483 e. The van der Waals surface area contributed by atoms with Crippen molar-refractivity contribution in [2.24, 2.45) is 5.10 Å². The van der Waals surface area contributed by atoms with Crippen LogP contribution in [0.4, 0.5) is 5.69 Å². The number of aryl methyl sites for hydroxylation is 1. The molecule has 2 aromatic rings. The molecule has 0 unspecified atom stereocenters. The highest BCUT2D eigenvalue weighted by Crippen LogP contribution is 2.22. The summed E-state index contributed by atoms with van der Waals surface area (Å²) in [5.74, 6) is -1.68. The second-order valence-corrected chi connectivity index (χ2v) is 8.31. The maximum Gasteiger partial charge on any atom is 0.329 e. The van der Waals surface area contributed by atoms with Gasteiger partial charge in [0.15, 0.2) is 6.61 Å². The Morgan fingerprint density at radius 3 is 2.62 bits per heavy atom. The first kappa shape index (κ1) is 25.4. The molecular weight excluding hydrogens is 500 g/mol. The highest BCUT2D eigenvalue weighted by Gasteiger charge is 2.14. The van der Waals surface area contributed by atoms with Gasteiger partial charge in [0.2, 0.25) is 0 Å². The molecule has 0 bridgehead atoms. The van der Waals surface area contributed by atoms with Crippen LogP contribution >= 0.6 is 27.5 Å². The molecule has 0 fully saturated rings. The van der Waals surface area contributed by atoms with E-state index in [9.17, 15) is 14.4 Å². The molecule has 0 saturated heterocycles. The van der Waals surface area contributed by atoms with Crippen molar-refractivity contribution in [3.05, 3.63) is 57.0 Å². The molecule has 8 nitrogen and oxygen atoms in total. The second kappa shape index (κ2) is 12.2. The summed E-state index contributed by atoms with van der Waals surface area (Å²) in [6.45, 7) is 5.31. The highest BCUT2D eigenvalue weighted by molar-refractivity contribution is 9.10. The van der Waals surface area contributed by atoms with Crippen molar-refractivity contribution in [2.75, 3.05) is 11.9 Å². The first-order chi connectivity index (χ1) is 15.2. The van der Waals surface area contributed by atoms with Crippen molar-refractivity contribution in [3.8, 4) is 5.75 Å². The molecule has 170 valence electrons. The molecule has 0 aromatic heterocycles. The van der Waals surface area contributed by atoms with Crippen LogP contribution < -0.4 is 20.8 Å². The predicted molar refractivity (Wildman–Crippen MR) is 128 cm³/mol. The average Bonchev–Trinajstić information content (AvgIpc) is 2.74. The molecular formula is C22H24BrClN4O4. The van der Waals surface area contributed by atoms with E-state index in [4.69, 9.17) is 16.3 Å². The third-order valence-electron chi connectivity index (χ3n) is 4.36.